The van der Waals surface area contributed by atoms with Gasteiger partial charge in [0.1, 0.15) is 5.75 Å². The van der Waals surface area contributed by atoms with Crippen LogP contribution in [0.1, 0.15) is 15.9 Å². The van der Waals surface area contributed by atoms with Crippen LogP contribution in [0.2, 0.25) is 5.02 Å². The normalized spacial score (nSPS) is 15.7. The number of aromatic nitrogens is 1. The summed E-state index contributed by atoms with van der Waals surface area (Å²) in [6.45, 7) is 0.179. The highest BCUT2D eigenvalue weighted by Gasteiger charge is 2.33. The summed E-state index contributed by atoms with van der Waals surface area (Å²) in [5, 5.41) is 28.9. The van der Waals surface area contributed by atoms with Gasteiger partial charge in [-0.15, -0.1) is 10.3 Å². The second-order valence-corrected chi connectivity index (χ2v) is 7.65. The fraction of sp³-hybridized carbons (Fsp3) is 0.0909. The molecule has 3 N–H and O–H groups in total. The number of pyridine rings is 1. The number of carbonyl (C=O) groups is 2. The first kappa shape index (κ1) is 23.0. The average Bonchev–Trinajstić information content (AvgIpc) is 2.83. The Morgan fingerprint density at radius 1 is 1.15 bits per heavy atom. The van der Waals surface area contributed by atoms with Gasteiger partial charge < -0.3 is 20.4 Å². The second kappa shape index (κ2) is 9.75. The lowest BCUT2D eigenvalue weighted by Gasteiger charge is -2.36. The van der Waals surface area contributed by atoms with Gasteiger partial charge in [0, 0.05) is 23.0 Å². The molecular formula is C22H19ClN6O5. The first-order chi connectivity index (χ1) is 16.3. The van der Waals surface area contributed by atoms with Crippen LogP contribution in [0.25, 0.3) is 0 Å². The van der Waals surface area contributed by atoms with E-state index in [1.54, 1.807) is 48.5 Å². The predicted octanol–water partition coefficient (Wildman–Crippen LogP) is 2.77. The van der Waals surface area contributed by atoms with Crippen molar-refractivity contribution >= 4 is 35.2 Å². The van der Waals surface area contributed by atoms with Gasteiger partial charge in [0.15, 0.2) is 0 Å². The highest BCUT2D eigenvalue weighted by Crippen LogP contribution is 2.22. The molecule has 34 heavy (non-hydrogen) atoms. The van der Waals surface area contributed by atoms with Gasteiger partial charge in [0.2, 0.25) is 5.88 Å². The lowest BCUT2D eigenvalue weighted by atomic mass is 10.2. The molecule has 0 saturated heterocycles. The van der Waals surface area contributed by atoms with E-state index in [1.807, 2.05) is 0 Å². The number of anilines is 1. The molecule has 0 fully saturated rings. The minimum Gasteiger partial charge on any atom is -0.580 e. The minimum atomic E-state index is -1.08. The Labute approximate surface area is 199 Å². The maximum absolute atomic E-state index is 12.8. The number of nitrogens with zero attached hydrogens (tertiary/aromatic N) is 4. The number of urea groups is 1. The highest BCUT2D eigenvalue weighted by molar-refractivity contribution is 6.30. The number of hydrogen-bond donors (Lipinski definition) is 3. The predicted molar refractivity (Wildman–Crippen MR) is 123 cm³/mol. The van der Waals surface area contributed by atoms with Crippen molar-refractivity contribution in [3.63, 3.8) is 0 Å². The molecule has 4 rings (SSSR count). The summed E-state index contributed by atoms with van der Waals surface area (Å²) in [5.41, 5.74) is 1.42. The van der Waals surface area contributed by atoms with E-state index in [-0.39, 0.29) is 23.9 Å². The molecule has 174 valence electrons. The van der Waals surface area contributed by atoms with Gasteiger partial charge in [-0.05, 0) is 53.1 Å². The second-order valence-electron chi connectivity index (χ2n) is 7.21. The van der Waals surface area contributed by atoms with Crippen molar-refractivity contribution in [1.29, 1.82) is 0 Å². The van der Waals surface area contributed by atoms with Crippen molar-refractivity contribution in [3.05, 3.63) is 88.2 Å². The molecule has 0 saturated carbocycles. The molecule has 2 aromatic carbocycles. The smallest absolute Gasteiger partial charge is 0.373 e. The topological polar surface area (TPSA) is 135 Å². The van der Waals surface area contributed by atoms with Crippen LogP contribution in [0.3, 0.4) is 0 Å². The summed E-state index contributed by atoms with van der Waals surface area (Å²) in [7, 11) is 1.36. The number of carboxylic acid groups (broad SMARTS) is 1. The van der Waals surface area contributed by atoms with Crippen molar-refractivity contribution in [3.8, 4) is 11.6 Å². The quantitative estimate of drug-likeness (QED) is 0.460. The van der Waals surface area contributed by atoms with Crippen molar-refractivity contribution in [2.24, 2.45) is 5.10 Å². The first-order valence-electron chi connectivity index (χ1n) is 9.97. The van der Waals surface area contributed by atoms with Gasteiger partial charge in [-0.3, -0.25) is 4.90 Å². The van der Waals surface area contributed by atoms with E-state index in [1.165, 1.54) is 30.3 Å². The van der Waals surface area contributed by atoms with Crippen molar-refractivity contribution in [1.82, 2.24) is 14.9 Å². The third kappa shape index (κ3) is 5.23. The van der Waals surface area contributed by atoms with Gasteiger partial charge in [0.05, 0.1) is 19.2 Å². The van der Waals surface area contributed by atoms with Crippen LogP contribution >= 0.6 is 11.6 Å². The Balaban J connectivity index is 1.48. The van der Waals surface area contributed by atoms with Gasteiger partial charge in [-0.25, -0.2) is 14.6 Å². The Kier molecular flexibility index (Phi) is 6.59. The molecule has 1 atom stereocenters. The van der Waals surface area contributed by atoms with E-state index in [2.05, 4.69) is 15.4 Å². The number of quaternary nitrogens is 1. The fourth-order valence-electron chi connectivity index (χ4n) is 3.01. The maximum atomic E-state index is 12.8. The van der Waals surface area contributed by atoms with Crippen molar-refractivity contribution in [2.75, 3.05) is 12.4 Å². The number of carboxylic acids is 1. The Hall–Kier alpha value is -4.19. The lowest BCUT2D eigenvalue weighted by Crippen LogP contribution is -3.12. The number of amides is 2. The highest BCUT2D eigenvalue weighted by atomic mass is 35.5. The van der Waals surface area contributed by atoms with E-state index in [0.717, 1.165) is 10.6 Å². The molecular weight excluding hydrogens is 464 g/mol. The molecule has 0 bridgehead atoms. The number of aromatic carboxylic acids is 1. The molecule has 12 heteroatoms. The number of carbonyl (C=O) groups excluding carboxylic acids is 1. The van der Waals surface area contributed by atoms with Crippen LogP contribution in [0.15, 0.2) is 72.0 Å². The Morgan fingerprint density at radius 3 is 2.47 bits per heavy atom. The van der Waals surface area contributed by atoms with E-state index in [4.69, 9.17) is 21.4 Å². The number of rotatable bonds is 6. The van der Waals surface area contributed by atoms with E-state index in [9.17, 15) is 14.8 Å². The van der Waals surface area contributed by atoms with Crippen LogP contribution in [0.4, 0.5) is 10.5 Å². The molecule has 0 spiro atoms. The minimum absolute atomic E-state index is 0.0537. The van der Waals surface area contributed by atoms with Gasteiger partial charge in [-0.2, -0.15) is 0 Å². The summed E-state index contributed by atoms with van der Waals surface area (Å²) >= 11 is 5.94. The van der Waals surface area contributed by atoms with Crippen LogP contribution in [0, 0.1) is 5.21 Å². The summed E-state index contributed by atoms with van der Waals surface area (Å²) in [4.78, 5) is 29.0. The molecule has 2 heterocycles. The molecule has 1 aliphatic rings. The molecule has 0 aliphatic carbocycles. The number of hydrogen-bond acceptors (Lipinski definition) is 7. The number of benzene rings is 2. The Morgan fingerprint density at radius 2 is 1.85 bits per heavy atom. The summed E-state index contributed by atoms with van der Waals surface area (Å²) in [6.07, 6.45) is 1.20. The van der Waals surface area contributed by atoms with Gasteiger partial charge in [0.25, 0.3) is 5.96 Å². The average molecular weight is 483 g/mol. The molecule has 1 aliphatic heterocycles. The van der Waals surface area contributed by atoms with Crippen molar-refractivity contribution < 1.29 is 24.7 Å². The summed E-state index contributed by atoms with van der Waals surface area (Å²) in [6, 6.07) is 16.0. The van der Waals surface area contributed by atoms with Crippen LogP contribution in [0.5, 0.6) is 11.6 Å². The maximum Gasteiger partial charge on any atom is 0.373 e. The summed E-state index contributed by atoms with van der Waals surface area (Å²) < 4.78 is 5.62. The number of nitrogens with one attached hydrogen (secondary N) is 2. The molecule has 0 radical (unpaired) electrons. The fourth-order valence-corrected chi connectivity index (χ4v) is 3.14. The van der Waals surface area contributed by atoms with Crippen LogP contribution in [-0.4, -0.2) is 45.0 Å². The molecule has 1 unspecified atom stereocenters. The third-order valence-electron chi connectivity index (χ3n) is 4.83. The van der Waals surface area contributed by atoms with E-state index < -0.39 is 17.3 Å². The van der Waals surface area contributed by atoms with Crippen LogP contribution < -0.4 is 15.3 Å². The number of ether oxygens (including phenoxy) is 1. The van der Waals surface area contributed by atoms with Gasteiger partial charge in [-0.1, -0.05) is 23.7 Å². The first-order valence-corrected chi connectivity index (χ1v) is 10.3. The monoisotopic (exact) mass is 482 g/mol. The van der Waals surface area contributed by atoms with E-state index in [0.29, 0.717) is 16.5 Å². The number of halogens is 1. The zero-order chi connectivity index (χ0) is 24.2. The van der Waals surface area contributed by atoms with Gasteiger partial charge >= 0.3 is 12.0 Å². The largest absolute Gasteiger partial charge is 0.580 e. The van der Waals surface area contributed by atoms with Crippen LogP contribution in [-0.2, 0) is 6.54 Å². The van der Waals surface area contributed by atoms with Crippen molar-refractivity contribution in [2.45, 2.75) is 6.54 Å². The summed E-state index contributed by atoms with van der Waals surface area (Å²) in [5.74, 6) is -0.302. The zero-order valence-corrected chi connectivity index (χ0v) is 18.6. The SMILES string of the molecule is CN1C(=O)N(Cc2ccc(Cl)cc2)C(Nc2ccc(Oc3ccc(C(=O)O)cn3)cc2)=N[NH+]1[O-]. The standard InChI is InChI=1S/C22H19ClN6O5/c1-27-22(32)28(13-14-2-5-16(23)6-3-14)21(26-29(27)33)25-17-7-9-18(10-8-17)34-19-11-4-15(12-24-19)20(30)31/h2-12,29H,13H2,1H3,(H,25,26)(H,30,31). The molecule has 1 aromatic heterocycles. The third-order valence-corrected chi connectivity index (χ3v) is 5.08. The zero-order valence-electron chi connectivity index (χ0n) is 17.8. The number of guanidine groups is 1. The molecule has 11 nitrogen and oxygen atoms in total. The van der Waals surface area contributed by atoms with E-state index >= 15 is 0 Å². The molecule has 3 aromatic rings. The lowest BCUT2D eigenvalue weighted by molar-refractivity contribution is -0.963. The Bertz CT molecular complexity index is 1220. The molecule has 2 amide bonds.